The van der Waals surface area contributed by atoms with Crippen LogP contribution in [0.1, 0.15) is 6.42 Å². The van der Waals surface area contributed by atoms with Crippen LogP contribution in [0.15, 0.2) is 12.7 Å². The van der Waals surface area contributed by atoms with Crippen LogP contribution < -0.4 is 10.6 Å². The second kappa shape index (κ2) is 5.14. The summed E-state index contributed by atoms with van der Waals surface area (Å²) < 4.78 is 0. The zero-order valence-electron chi connectivity index (χ0n) is 8.28. The number of amides is 4. The first-order valence-corrected chi connectivity index (χ1v) is 4.61. The second-order valence-electron chi connectivity index (χ2n) is 3.07. The fourth-order valence-electron chi connectivity index (χ4n) is 1.13. The SMILES string of the molecule is C=CCCNC(=O)CN1C(=O)CNC1=O. The van der Waals surface area contributed by atoms with Crippen molar-refractivity contribution in [3.63, 3.8) is 0 Å². The molecule has 0 aromatic rings. The maximum Gasteiger partial charge on any atom is 0.325 e. The Morgan fingerprint density at radius 1 is 1.60 bits per heavy atom. The van der Waals surface area contributed by atoms with Gasteiger partial charge in [-0.1, -0.05) is 6.08 Å². The van der Waals surface area contributed by atoms with E-state index < -0.39 is 6.03 Å². The minimum atomic E-state index is -0.515. The van der Waals surface area contributed by atoms with Crippen molar-refractivity contribution in [3.05, 3.63) is 12.7 Å². The van der Waals surface area contributed by atoms with Gasteiger partial charge >= 0.3 is 6.03 Å². The van der Waals surface area contributed by atoms with Crippen LogP contribution in [0, 0.1) is 0 Å². The molecule has 0 saturated carbocycles. The normalized spacial score (nSPS) is 15.1. The lowest BCUT2D eigenvalue weighted by Gasteiger charge is -2.11. The summed E-state index contributed by atoms with van der Waals surface area (Å²) in [7, 11) is 0. The van der Waals surface area contributed by atoms with E-state index in [1.807, 2.05) is 0 Å². The summed E-state index contributed by atoms with van der Waals surface area (Å²) in [5.74, 6) is -0.721. The third-order valence-electron chi connectivity index (χ3n) is 1.91. The summed E-state index contributed by atoms with van der Waals surface area (Å²) in [6.45, 7) is 3.72. The Labute approximate surface area is 87.3 Å². The van der Waals surface area contributed by atoms with E-state index in [0.29, 0.717) is 13.0 Å². The van der Waals surface area contributed by atoms with Gasteiger partial charge in [0.2, 0.25) is 5.91 Å². The van der Waals surface area contributed by atoms with Gasteiger partial charge in [-0.05, 0) is 6.42 Å². The van der Waals surface area contributed by atoms with Gasteiger partial charge in [0.1, 0.15) is 6.54 Å². The smallest absolute Gasteiger partial charge is 0.325 e. The van der Waals surface area contributed by atoms with Crippen LogP contribution >= 0.6 is 0 Å². The number of carbonyl (C=O) groups is 3. The summed E-state index contributed by atoms with van der Waals surface area (Å²) in [5.41, 5.74) is 0. The van der Waals surface area contributed by atoms with Crippen molar-refractivity contribution in [3.8, 4) is 0 Å². The minimum absolute atomic E-state index is 0.0290. The van der Waals surface area contributed by atoms with Crippen molar-refractivity contribution in [1.82, 2.24) is 15.5 Å². The predicted molar refractivity (Wildman–Crippen MR) is 52.9 cm³/mol. The van der Waals surface area contributed by atoms with Crippen LogP contribution in [0.4, 0.5) is 4.79 Å². The molecule has 0 aromatic carbocycles. The van der Waals surface area contributed by atoms with Crippen molar-refractivity contribution >= 4 is 17.8 Å². The highest BCUT2D eigenvalue weighted by atomic mass is 16.2. The van der Waals surface area contributed by atoms with Gasteiger partial charge in [0.25, 0.3) is 5.91 Å². The fourth-order valence-corrected chi connectivity index (χ4v) is 1.13. The molecular weight excluding hydrogens is 198 g/mol. The molecule has 4 amide bonds. The van der Waals surface area contributed by atoms with Gasteiger partial charge in [-0.15, -0.1) is 6.58 Å². The van der Waals surface area contributed by atoms with Crippen molar-refractivity contribution < 1.29 is 14.4 Å². The Balaban J connectivity index is 2.33. The van der Waals surface area contributed by atoms with E-state index in [9.17, 15) is 14.4 Å². The molecule has 15 heavy (non-hydrogen) atoms. The van der Waals surface area contributed by atoms with Crippen LogP contribution in [0.2, 0.25) is 0 Å². The fraction of sp³-hybridized carbons (Fsp3) is 0.444. The summed E-state index contributed by atoms with van der Waals surface area (Å²) in [6.07, 6.45) is 2.33. The van der Waals surface area contributed by atoms with Crippen molar-refractivity contribution in [2.24, 2.45) is 0 Å². The molecule has 82 valence electrons. The average Bonchev–Trinajstić information content (AvgIpc) is 2.50. The Bertz CT molecular complexity index is 285. The molecule has 0 aliphatic carbocycles. The molecular formula is C9H13N3O3. The molecule has 1 heterocycles. The summed E-state index contributed by atoms with van der Waals surface area (Å²) in [6, 6.07) is -0.515. The number of hydrogen-bond acceptors (Lipinski definition) is 3. The third-order valence-corrected chi connectivity index (χ3v) is 1.91. The third kappa shape index (κ3) is 3.08. The molecule has 1 aliphatic rings. The lowest BCUT2D eigenvalue weighted by atomic mass is 10.4. The van der Waals surface area contributed by atoms with Gasteiger partial charge in [0.05, 0.1) is 6.54 Å². The molecule has 0 radical (unpaired) electrons. The first kappa shape index (κ1) is 11.2. The summed E-state index contributed by atoms with van der Waals surface area (Å²) >= 11 is 0. The molecule has 0 bridgehead atoms. The van der Waals surface area contributed by atoms with Gasteiger partial charge < -0.3 is 10.6 Å². The van der Waals surface area contributed by atoms with E-state index in [4.69, 9.17) is 0 Å². The van der Waals surface area contributed by atoms with Crippen LogP contribution in [0.5, 0.6) is 0 Å². The first-order valence-electron chi connectivity index (χ1n) is 4.61. The number of imide groups is 1. The zero-order chi connectivity index (χ0) is 11.3. The molecule has 2 N–H and O–H groups in total. The lowest BCUT2D eigenvalue weighted by molar-refractivity contribution is -0.130. The van der Waals surface area contributed by atoms with Gasteiger partial charge in [0, 0.05) is 6.54 Å². The molecule has 1 rings (SSSR count). The van der Waals surface area contributed by atoms with Crippen molar-refractivity contribution in [2.45, 2.75) is 6.42 Å². The zero-order valence-corrected chi connectivity index (χ0v) is 8.28. The number of carbonyl (C=O) groups excluding carboxylic acids is 3. The highest BCUT2D eigenvalue weighted by Crippen LogP contribution is 1.97. The summed E-state index contributed by atoms with van der Waals surface area (Å²) in [4.78, 5) is 34.3. The standard InChI is InChI=1S/C9H13N3O3/c1-2-3-4-10-7(13)6-12-8(14)5-11-9(12)15/h2H,1,3-6H2,(H,10,13)(H,11,15). The van der Waals surface area contributed by atoms with Gasteiger partial charge in [-0.2, -0.15) is 0 Å². The highest BCUT2D eigenvalue weighted by Gasteiger charge is 2.29. The van der Waals surface area contributed by atoms with Crippen LogP contribution in [-0.2, 0) is 9.59 Å². The van der Waals surface area contributed by atoms with Crippen LogP contribution in [-0.4, -0.2) is 42.4 Å². The molecule has 1 aliphatic heterocycles. The maximum atomic E-state index is 11.2. The Hall–Kier alpha value is -1.85. The van der Waals surface area contributed by atoms with E-state index in [0.717, 1.165) is 4.90 Å². The van der Waals surface area contributed by atoms with E-state index in [1.165, 1.54) is 0 Å². The maximum absolute atomic E-state index is 11.2. The van der Waals surface area contributed by atoms with Gasteiger partial charge in [-0.3, -0.25) is 14.5 Å². The minimum Gasteiger partial charge on any atom is -0.354 e. The molecule has 0 unspecified atom stereocenters. The monoisotopic (exact) mass is 211 g/mol. The first-order chi connectivity index (χ1) is 7.15. The van der Waals surface area contributed by atoms with E-state index >= 15 is 0 Å². The molecule has 0 atom stereocenters. The number of hydrogen-bond donors (Lipinski definition) is 2. The number of rotatable bonds is 5. The van der Waals surface area contributed by atoms with Crippen LogP contribution in [0.25, 0.3) is 0 Å². The van der Waals surface area contributed by atoms with E-state index in [2.05, 4.69) is 17.2 Å². The molecule has 0 aromatic heterocycles. The van der Waals surface area contributed by atoms with Gasteiger partial charge in [-0.25, -0.2) is 4.79 Å². The Morgan fingerprint density at radius 3 is 2.87 bits per heavy atom. The molecule has 1 fully saturated rings. The van der Waals surface area contributed by atoms with Crippen LogP contribution in [0.3, 0.4) is 0 Å². The Morgan fingerprint density at radius 2 is 2.33 bits per heavy atom. The summed E-state index contributed by atoms with van der Waals surface area (Å²) in [5, 5.41) is 4.90. The lowest BCUT2D eigenvalue weighted by Crippen LogP contribution is -2.41. The predicted octanol–water partition coefficient (Wildman–Crippen LogP) is -0.769. The molecule has 1 saturated heterocycles. The second-order valence-corrected chi connectivity index (χ2v) is 3.07. The topological polar surface area (TPSA) is 78.5 Å². The molecule has 0 spiro atoms. The van der Waals surface area contributed by atoms with Gasteiger partial charge in [0.15, 0.2) is 0 Å². The van der Waals surface area contributed by atoms with E-state index in [-0.39, 0.29) is 24.9 Å². The quantitative estimate of drug-likeness (QED) is 0.356. The van der Waals surface area contributed by atoms with E-state index in [1.54, 1.807) is 6.08 Å². The largest absolute Gasteiger partial charge is 0.354 e. The number of nitrogens with zero attached hydrogens (tertiary/aromatic N) is 1. The molecule has 6 heteroatoms. The molecule has 6 nitrogen and oxygen atoms in total. The van der Waals surface area contributed by atoms with Crippen molar-refractivity contribution in [1.29, 1.82) is 0 Å². The number of nitrogens with one attached hydrogen (secondary N) is 2. The average molecular weight is 211 g/mol. The Kier molecular flexibility index (Phi) is 3.84. The highest BCUT2D eigenvalue weighted by molar-refractivity contribution is 6.04. The van der Waals surface area contributed by atoms with Crippen molar-refractivity contribution in [2.75, 3.05) is 19.6 Å². The number of urea groups is 1.